The number of pyridine rings is 1. The van der Waals surface area contributed by atoms with Crippen LogP contribution in [0.15, 0.2) is 54.9 Å². The zero-order chi connectivity index (χ0) is 17.1. The number of Topliss-reactive ketones (excluding diaryl/α,β-unsaturated/α-hetero) is 1. The van der Waals surface area contributed by atoms with E-state index >= 15 is 0 Å². The van der Waals surface area contributed by atoms with Crippen molar-refractivity contribution in [2.45, 2.75) is 19.5 Å². The fourth-order valence-electron chi connectivity index (χ4n) is 2.76. The molecule has 1 fully saturated rings. The molecule has 0 spiro atoms. The van der Waals surface area contributed by atoms with Crippen molar-refractivity contribution in [3.63, 3.8) is 0 Å². The molecular formula is C18H17N3O3. The second kappa shape index (κ2) is 6.62. The van der Waals surface area contributed by atoms with E-state index in [1.54, 1.807) is 25.3 Å². The van der Waals surface area contributed by atoms with Crippen molar-refractivity contribution in [1.29, 1.82) is 0 Å². The van der Waals surface area contributed by atoms with Gasteiger partial charge in [0.25, 0.3) is 0 Å². The summed E-state index contributed by atoms with van der Waals surface area (Å²) in [4.78, 5) is 42.7. The van der Waals surface area contributed by atoms with Gasteiger partial charge in [0, 0.05) is 12.7 Å². The molecule has 6 nitrogen and oxygen atoms in total. The Hall–Kier alpha value is -3.02. The summed E-state index contributed by atoms with van der Waals surface area (Å²) in [5.74, 6) is -2.75. The highest BCUT2D eigenvalue weighted by molar-refractivity contribution is 6.26. The first-order valence-electron chi connectivity index (χ1n) is 7.67. The van der Waals surface area contributed by atoms with E-state index in [9.17, 15) is 14.4 Å². The molecule has 2 amide bonds. The van der Waals surface area contributed by atoms with Crippen molar-refractivity contribution < 1.29 is 14.4 Å². The number of likely N-dealkylation sites (tertiary alicyclic amines) is 1. The maximum atomic E-state index is 12.6. The minimum Gasteiger partial charge on any atom is -0.327 e. The maximum Gasteiger partial charge on any atom is 0.244 e. The summed E-state index contributed by atoms with van der Waals surface area (Å²) < 4.78 is 0. The van der Waals surface area contributed by atoms with E-state index in [0.717, 1.165) is 5.56 Å². The van der Waals surface area contributed by atoms with E-state index in [1.165, 1.54) is 11.1 Å². The Morgan fingerprint density at radius 1 is 1.17 bits per heavy atom. The van der Waals surface area contributed by atoms with Gasteiger partial charge in [-0.2, -0.15) is 0 Å². The molecule has 1 saturated heterocycles. The van der Waals surface area contributed by atoms with E-state index in [2.05, 4.69) is 10.3 Å². The lowest BCUT2D eigenvalue weighted by molar-refractivity contribution is -0.138. The number of amides is 2. The number of carbonyl (C=O) groups is 3. The lowest BCUT2D eigenvalue weighted by Crippen LogP contribution is -2.34. The van der Waals surface area contributed by atoms with Crippen LogP contribution in [0.2, 0.25) is 0 Å². The summed E-state index contributed by atoms with van der Waals surface area (Å²) in [7, 11) is 0. The minimum atomic E-state index is -1.30. The molecule has 2 unspecified atom stereocenters. The summed E-state index contributed by atoms with van der Waals surface area (Å²) in [6, 6.07) is 12.1. The van der Waals surface area contributed by atoms with Gasteiger partial charge in [-0.05, 0) is 24.6 Å². The van der Waals surface area contributed by atoms with Crippen LogP contribution >= 0.6 is 0 Å². The monoisotopic (exact) mass is 323 g/mol. The summed E-state index contributed by atoms with van der Waals surface area (Å²) in [6.45, 7) is 1.96. The molecule has 24 heavy (non-hydrogen) atoms. The Labute approximate surface area is 139 Å². The molecule has 2 heterocycles. The minimum absolute atomic E-state index is 0.309. The predicted octanol–water partition coefficient (Wildman–Crippen LogP) is 1.64. The van der Waals surface area contributed by atoms with Crippen LogP contribution in [0.4, 0.5) is 5.69 Å². The third-order valence-electron chi connectivity index (χ3n) is 4.08. The number of benzene rings is 1. The molecule has 6 heteroatoms. The SMILES string of the molecule is CC1C(=O)C(C(=O)Nc2cccnc2)C(=O)N1Cc1ccccc1. The number of ketones is 1. The van der Waals surface area contributed by atoms with Gasteiger partial charge in [-0.1, -0.05) is 30.3 Å². The van der Waals surface area contributed by atoms with E-state index < -0.39 is 23.8 Å². The molecule has 0 aliphatic carbocycles. The predicted molar refractivity (Wildman–Crippen MR) is 87.8 cm³/mol. The third kappa shape index (κ3) is 3.03. The van der Waals surface area contributed by atoms with Crippen LogP contribution in [-0.4, -0.2) is 33.5 Å². The van der Waals surface area contributed by atoms with Gasteiger partial charge >= 0.3 is 0 Å². The fraction of sp³-hybridized carbons (Fsp3) is 0.222. The molecule has 122 valence electrons. The van der Waals surface area contributed by atoms with Crippen LogP contribution < -0.4 is 5.32 Å². The van der Waals surface area contributed by atoms with E-state index in [1.807, 2.05) is 30.3 Å². The van der Waals surface area contributed by atoms with Crippen LogP contribution in [0.5, 0.6) is 0 Å². The zero-order valence-electron chi connectivity index (χ0n) is 13.2. The van der Waals surface area contributed by atoms with Crippen molar-refractivity contribution in [3.05, 3.63) is 60.4 Å². The molecule has 0 radical (unpaired) electrons. The van der Waals surface area contributed by atoms with Gasteiger partial charge in [-0.3, -0.25) is 19.4 Å². The molecular weight excluding hydrogens is 306 g/mol. The maximum absolute atomic E-state index is 12.6. The van der Waals surface area contributed by atoms with Crippen molar-refractivity contribution in [2.75, 3.05) is 5.32 Å². The van der Waals surface area contributed by atoms with Crippen molar-refractivity contribution in [2.24, 2.45) is 5.92 Å². The number of anilines is 1. The van der Waals surface area contributed by atoms with Crippen molar-refractivity contribution in [3.8, 4) is 0 Å². The summed E-state index contributed by atoms with van der Waals surface area (Å²) in [5, 5.41) is 2.58. The van der Waals surface area contributed by atoms with E-state index in [-0.39, 0.29) is 5.78 Å². The first-order chi connectivity index (χ1) is 11.6. The highest BCUT2D eigenvalue weighted by atomic mass is 16.2. The molecule has 2 atom stereocenters. The van der Waals surface area contributed by atoms with Crippen LogP contribution in [-0.2, 0) is 20.9 Å². The molecule has 1 aliphatic rings. The summed E-state index contributed by atoms with van der Waals surface area (Å²) >= 11 is 0. The third-order valence-corrected chi connectivity index (χ3v) is 4.08. The van der Waals surface area contributed by atoms with Crippen LogP contribution in [0.25, 0.3) is 0 Å². The quantitative estimate of drug-likeness (QED) is 0.868. The van der Waals surface area contributed by atoms with Crippen LogP contribution in [0.3, 0.4) is 0 Å². The number of hydrogen-bond acceptors (Lipinski definition) is 4. The highest BCUT2D eigenvalue weighted by Crippen LogP contribution is 2.24. The molecule has 0 bridgehead atoms. The normalized spacial score (nSPS) is 20.3. The second-order valence-corrected chi connectivity index (χ2v) is 5.69. The van der Waals surface area contributed by atoms with Gasteiger partial charge in [0.05, 0.1) is 17.9 Å². The first-order valence-corrected chi connectivity index (χ1v) is 7.67. The molecule has 1 aliphatic heterocycles. The number of nitrogens with one attached hydrogen (secondary N) is 1. The zero-order valence-corrected chi connectivity index (χ0v) is 13.2. The van der Waals surface area contributed by atoms with E-state index in [4.69, 9.17) is 0 Å². The van der Waals surface area contributed by atoms with Crippen LogP contribution in [0, 0.1) is 5.92 Å². The van der Waals surface area contributed by atoms with Crippen molar-refractivity contribution >= 4 is 23.3 Å². The Kier molecular flexibility index (Phi) is 4.37. The summed E-state index contributed by atoms with van der Waals surface area (Å²) in [6.07, 6.45) is 3.04. The number of hydrogen-bond donors (Lipinski definition) is 1. The summed E-state index contributed by atoms with van der Waals surface area (Å²) in [5.41, 5.74) is 1.37. The Balaban J connectivity index is 1.76. The van der Waals surface area contributed by atoms with Crippen molar-refractivity contribution in [1.82, 2.24) is 9.88 Å². The molecule has 1 aromatic heterocycles. The number of carbonyl (C=O) groups excluding carboxylic acids is 3. The van der Waals surface area contributed by atoms with Gasteiger partial charge in [-0.15, -0.1) is 0 Å². The molecule has 0 saturated carbocycles. The largest absolute Gasteiger partial charge is 0.327 e. The number of rotatable bonds is 4. The van der Waals surface area contributed by atoms with E-state index in [0.29, 0.717) is 12.2 Å². The Bertz CT molecular complexity index is 762. The average Bonchev–Trinajstić information content (AvgIpc) is 2.80. The topological polar surface area (TPSA) is 79.4 Å². The Morgan fingerprint density at radius 3 is 2.58 bits per heavy atom. The number of aromatic nitrogens is 1. The van der Waals surface area contributed by atoms with Gasteiger partial charge < -0.3 is 10.2 Å². The van der Waals surface area contributed by atoms with Gasteiger partial charge in [0.1, 0.15) is 0 Å². The van der Waals surface area contributed by atoms with Gasteiger partial charge in [-0.25, -0.2) is 0 Å². The number of nitrogens with zero attached hydrogens (tertiary/aromatic N) is 2. The highest BCUT2D eigenvalue weighted by Gasteiger charge is 2.48. The van der Waals surface area contributed by atoms with Crippen LogP contribution in [0.1, 0.15) is 12.5 Å². The smallest absolute Gasteiger partial charge is 0.244 e. The molecule has 2 aromatic rings. The lowest BCUT2D eigenvalue weighted by atomic mass is 10.0. The first kappa shape index (κ1) is 15.9. The molecule has 3 rings (SSSR count). The standard InChI is InChI=1S/C18H17N3O3/c1-12-16(22)15(17(23)20-14-8-5-9-19-10-14)18(24)21(12)11-13-6-3-2-4-7-13/h2-10,12,15H,11H2,1H3,(H,20,23). The average molecular weight is 323 g/mol. The fourth-order valence-corrected chi connectivity index (χ4v) is 2.76. The molecule has 1 aromatic carbocycles. The lowest BCUT2D eigenvalue weighted by Gasteiger charge is -2.20. The van der Waals surface area contributed by atoms with Gasteiger partial charge in [0.15, 0.2) is 11.7 Å². The molecule has 1 N–H and O–H groups in total. The Morgan fingerprint density at radius 2 is 1.92 bits per heavy atom. The van der Waals surface area contributed by atoms with Gasteiger partial charge in [0.2, 0.25) is 11.8 Å². The second-order valence-electron chi connectivity index (χ2n) is 5.69.